The fourth-order valence-electron chi connectivity index (χ4n) is 2.97. The molecule has 1 saturated heterocycles. The number of carbonyl (C=O) groups excluding carboxylic acids is 1. The van der Waals surface area contributed by atoms with Crippen molar-refractivity contribution < 1.29 is 9.53 Å². The highest BCUT2D eigenvalue weighted by molar-refractivity contribution is 5.79. The molecule has 0 radical (unpaired) electrons. The summed E-state index contributed by atoms with van der Waals surface area (Å²) in [6, 6.07) is 12.4. The maximum absolute atomic E-state index is 11.4. The number of aromatic nitrogens is 1. The number of hydrogen-bond acceptors (Lipinski definition) is 4. The maximum atomic E-state index is 11.4. The number of hydrogen-bond donors (Lipinski definition) is 1. The first-order valence-corrected chi connectivity index (χ1v) is 7.78. The van der Waals surface area contributed by atoms with E-state index in [4.69, 9.17) is 10.5 Å². The van der Waals surface area contributed by atoms with Crippen LogP contribution in [0.25, 0.3) is 11.1 Å². The van der Waals surface area contributed by atoms with Crippen molar-refractivity contribution in [3.8, 4) is 11.1 Å². The fraction of sp³-hybridized carbons (Fsp3) is 0.333. The van der Waals surface area contributed by atoms with E-state index >= 15 is 0 Å². The van der Waals surface area contributed by atoms with E-state index in [9.17, 15) is 4.79 Å². The van der Waals surface area contributed by atoms with Crippen molar-refractivity contribution in [2.75, 3.05) is 13.1 Å². The second-order valence-corrected chi connectivity index (χ2v) is 5.97. The standard InChI is InChI=1S/C18H21N3O2/c1-13-10-21(12-17(23-13)18(19)22)11-14-4-2-5-15(8-14)16-6-3-7-20-9-16/h2-9,13,17H,10-12H2,1H3,(H2,19,22)/t13-,17+/m1/s1. The van der Waals surface area contributed by atoms with Gasteiger partial charge in [0.05, 0.1) is 6.10 Å². The Morgan fingerprint density at radius 2 is 2.13 bits per heavy atom. The van der Waals surface area contributed by atoms with Crippen molar-refractivity contribution in [2.24, 2.45) is 5.73 Å². The van der Waals surface area contributed by atoms with Gasteiger partial charge in [0.2, 0.25) is 5.91 Å². The molecule has 0 unspecified atom stereocenters. The van der Waals surface area contributed by atoms with E-state index in [2.05, 4.69) is 28.1 Å². The lowest BCUT2D eigenvalue weighted by molar-refractivity contribution is -0.142. The van der Waals surface area contributed by atoms with Gasteiger partial charge in [-0.2, -0.15) is 0 Å². The molecule has 1 aliphatic rings. The lowest BCUT2D eigenvalue weighted by Crippen LogP contribution is -2.51. The van der Waals surface area contributed by atoms with Crippen LogP contribution < -0.4 is 5.73 Å². The third kappa shape index (κ3) is 3.94. The van der Waals surface area contributed by atoms with Crippen molar-refractivity contribution >= 4 is 5.91 Å². The minimum atomic E-state index is -0.528. The smallest absolute Gasteiger partial charge is 0.247 e. The molecule has 2 heterocycles. The van der Waals surface area contributed by atoms with E-state index in [0.29, 0.717) is 6.54 Å². The molecule has 23 heavy (non-hydrogen) atoms. The molecule has 1 aliphatic heterocycles. The number of nitrogens with zero attached hydrogens (tertiary/aromatic N) is 2. The molecule has 2 N–H and O–H groups in total. The van der Waals surface area contributed by atoms with Crippen LogP contribution in [-0.2, 0) is 16.1 Å². The van der Waals surface area contributed by atoms with Crippen LogP contribution in [0.4, 0.5) is 0 Å². The predicted molar refractivity (Wildman–Crippen MR) is 88.5 cm³/mol. The first-order valence-electron chi connectivity index (χ1n) is 7.78. The zero-order valence-electron chi connectivity index (χ0n) is 13.2. The van der Waals surface area contributed by atoms with Crippen molar-refractivity contribution in [3.05, 3.63) is 54.4 Å². The molecule has 2 atom stereocenters. The maximum Gasteiger partial charge on any atom is 0.247 e. The summed E-state index contributed by atoms with van der Waals surface area (Å²) in [7, 11) is 0. The third-order valence-corrected chi connectivity index (χ3v) is 3.98. The number of morpholine rings is 1. The van der Waals surface area contributed by atoms with E-state index in [1.807, 2.05) is 31.3 Å². The van der Waals surface area contributed by atoms with Gasteiger partial charge in [-0.3, -0.25) is 14.7 Å². The molecule has 5 heteroatoms. The highest BCUT2D eigenvalue weighted by atomic mass is 16.5. The molecule has 0 bridgehead atoms. The van der Waals surface area contributed by atoms with Gasteiger partial charge < -0.3 is 10.5 Å². The van der Waals surface area contributed by atoms with Crippen molar-refractivity contribution in [1.82, 2.24) is 9.88 Å². The van der Waals surface area contributed by atoms with Crippen LogP contribution in [0.15, 0.2) is 48.8 Å². The number of nitrogens with two attached hydrogens (primary N) is 1. The Morgan fingerprint density at radius 3 is 2.87 bits per heavy atom. The molecule has 3 rings (SSSR count). The number of primary amides is 1. The second-order valence-electron chi connectivity index (χ2n) is 5.97. The number of carbonyl (C=O) groups is 1. The third-order valence-electron chi connectivity index (χ3n) is 3.98. The molecule has 0 saturated carbocycles. The zero-order valence-corrected chi connectivity index (χ0v) is 13.2. The van der Waals surface area contributed by atoms with Crippen LogP contribution in [0.5, 0.6) is 0 Å². The van der Waals surface area contributed by atoms with Crippen LogP contribution in [0, 0.1) is 0 Å². The van der Waals surface area contributed by atoms with E-state index < -0.39 is 12.0 Å². The van der Waals surface area contributed by atoms with Gasteiger partial charge >= 0.3 is 0 Å². The predicted octanol–water partition coefficient (Wildman–Crippen LogP) is 1.82. The van der Waals surface area contributed by atoms with Gasteiger partial charge in [0.25, 0.3) is 0 Å². The molecular formula is C18H21N3O2. The van der Waals surface area contributed by atoms with Crippen LogP contribution in [0.3, 0.4) is 0 Å². The number of amides is 1. The zero-order chi connectivity index (χ0) is 16.2. The Hall–Kier alpha value is -2.24. The molecule has 1 fully saturated rings. The van der Waals surface area contributed by atoms with Crippen molar-refractivity contribution in [3.63, 3.8) is 0 Å². The summed E-state index contributed by atoms with van der Waals surface area (Å²) in [5.41, 5.74) is 8.82. The van der Waals surface area contributed by atoms with E-state index in [1.165, 1.54) is 5.56 Å². The van der Waals surface area contributed by atoms with E-state index in [1.54, 1.807) is 6.20 Å². The topological polar surface area (TPSA) is 68.5 Å². The monoisotopic (exact) mass is 311 g/mol. The average molecular weight is 311 g/mol. The van der Waals surface area contributed by atoms with Gasteiger partial charge in [-0.1, -0.05) is 24.3 Å². The Labute approximate surface area is 136 Å². The van der Waals surface area contributed by atoms with Gasteiger partial charge in [-0.15, -0.1) is 0 Å². The molecule has 1 aromatic carbocycles. The van der Waals surface area contributed by atoms with E-state index in [-0.39, 0.29) is 6.10 Å². The summed E-state index contributed by atoms with van der Waals surface area (Å²) in [4.78, 5) is 17.8. The minimum absolute atomic E-state index is 0.00255. The molecule has 5 nitrogen and oxygen atoms in total. The van der Waals surface area contributed by atoms with Gasteiger partial charge in [-0.25, -0.2) is 0 Å². The van der Waals surface area contributed by atoms with Crippen LogP contribution >= 0.6 is 0 Å². The molecule has 1 aromatic heterocycles. The largest absolute Gasteiger partial charge is 0.367 e. The van der Waals surface area contributed by atoms with Gasteiger partial charge in [0, 0.05) is 32.0 Å². The average Bonchev–Trinajstić information content (AvgIpc) is 2.55. The molecule has 0 spiro atoms. The van der Waals surface area contributed by atoms with Crippen LogP contribution in [0.1, 0.15) is 12.5 Å². The van der Waals surface area contributed by atoms with Crippen LogP contribution in [-0.4, -0.2) is 41.1 Å². The van der Waals surface area contributed by atoms with Crippen molar-refractivity contribution in [1.29, 1.82) is 0 Å². The number of pyridine rings is 1. The lowest BCUT2D eigenvalue weighted by Gasteiger charge is -2.35. The van der Waals surface area contributed by atoms with E-state index in [0.717, 1.165) is 24.2 Å². The molecule has 120 valence electrons. The summed E-state index contributed by atoms with van der Waals surface area (Å²) < 4.78 is 5.58. The van der Waals surface area contributed by atoms with Crippen molar-refractivity contribution in [2.45, 2.75) is 25.7 Å². The molecule has 0 aliphatic carbocycles. The summed E-state index contributed by atoms with van der Waals surface area (Å²) in [6.07, 6.45) is 3.11. The summed E-state index contributed by atoms with van der Waals surface area (Å²) in [6.45, 7) is 4.07. The Bertz CT molecular complexity index is 675. The second kappa shape index (κ2) is 6.89. The number of benzene rings is 1. The summed E-state index contributed by atoms with van der Waals surface area (Å²) in [5, 5.41) is 0. The van der Waals surface area contributed by atoms with Crippen LogP contribution in [0.2, 0.25) is 0 Å². The first-order chi connectivity index (χ1) is 11.1. The number of rotatable bonds is 4. The number of ether oxygens (including phenoxy) is 1. The fourth-order valence-corrected chi connectivity index (χ4v) is 2.97. The molecule has 1 amide bonds. The summed E-state index contributed by atoms with van der Waals surface area (Å²) in [5.74, 6) is -0.398. The highest BCUT2D eigenvalue weighted by Gasteiger charge is 2.28. The van der Waals surface area contributed by atoms with Gasteiger partial charge in [-0.05, 0) is 35.7 Å². The quantitative estimate of drug-likeness (QED) is 0.935. The Morgan fingerprint density at radius 1 is 1.30 bits per heavy atom. The van der Waals surface area contributed by atoms with Gasteiger partial charge in [0.15, 0.2) is 0 Å². The Kier molecular flexibility index (Phi) is 4.69. The summed E-state index contributed by atoms with van der Waals surface area (Å²) >= 11 is 0. The molecule has 2 aromatic rings. The Balaban J connectivity index is 1.74. The SMILES string of the molecule is C[C@@H]1CN(Cc2cccc(-c3cccnc3)c2)C[C@@H](C(N)=O)O1. The normalized spacial score (nSPS) is 22.0. The van der Waals surface area contributed by atoms with Gasteiger partial charge in [0.1, 0.15) is 6.10 Å². The minimum Gasteiger partial charge on any atom is -0.367 e. The lowest BCUT2D eigenvalue weighted by atomic mass is 10.0. The highest BCUT2D eigenvalue weighted by Crippen LogP contribution is 2.21. The first kappa shape index (κ1) is 15.6. The molecular weight excluding hydrogens is 290 g/mol.